The predicted octanol–water partition coefficient (Wildman–Crippen LogP) is 2.27. The number of carbonyl (C=O) groups is 2. The summed E-state index contributed by atoms with van der Waals surface area (Å²) in [7, 11) is 3.37. The molecule has 1 aromatic carbocycles. The van der Waals surface area contributed by atoms with Crippen molar-refractivity contribution in [2.75, 3.05) is 38.4 Å². The van der Waals surface area contributed by atoms with Crippen LogP contribution in [-0.4, -0.2) is 68.1 Å². The van der Waals surface area contributed by atoms with Gasteiger partial charge >= 0.3 is 0 Å². The molecular formula is C24H28N8O3. The molecule has 11 heteroatoms. The van der Waals surface area contributed by atoms with Gasteiger partial charge in [-0.3, -0.25) is 19.5 Å². The number of likely N-dealkylation sites (N-methyl/N-ethyl adjacent to an activating group) is 1. The van der Waals surface area contributed by atoms with Crippen LogP contribution in [0.2, 0.25) is 0 Å². The number of aromatic nitrogens is 5. The lowest BCUT2D eigenvalue weighted by Crippen LogP contribution is -2.30. The van der Waals surface area contributed by atoms with Crippen LogP contribution in [0.5, 0.6) is 0 Å². The van der Waals surface area contributed by atoms with Crippen molar-refractivity contribution in [3.8, 4) is 0 Å². The van der Waals surface area contributed by atoms with Crippen molar-refractivity contribution in [2.45, 2.75) is 19.5 Å². The molecule has 2 amide bonds. The Kier molecular flexibility index (Phi) is 7.36. The summed E-state index contributed by atoms with van der Waals surface area (Å²) in [5, 5.41) is 2.85. The molecular weight excluding hydrogens is 448 g/mol. The zero-order valence-electron chi connectivity index (χ0n) is 19.7. The van der Waals surface area contributed by atoms with Gasteiger partial charge in [0.2, 0.25) is 5.95 Å². The van der Waals surface area contributed by atoms with Crippen molar-refractivity contribution >= 4 is 34.6 Å². The third-order valence-electron chi connectivity index (χ3n) is 5.54. The molecule has 0 bridgehead atoms. The molecule has 11 nitrogen and oxygen atoms in total. The predicted molar refractivity (Wildman–Crippen MR) is 132 cm³/mol. The van der Waals surface area contributed by atoms with Crippen LogP contribution in [-0.2, 0) is 17.8 Å². The molecule has 0 saturated carbocycles. The van der Waals surface area contributed by atoms with Gasteiger partial charge in [0.25, 0.3) is 11.8 Å². The lowest BCUT2D eigenvalue weighted by molar-refractivity contribution is 0.0790. The van der Waals surface area contributed by atoms with Gasteiger partial charge in [-0.1, -0.05) is 6.07 Å². The van der Waals surface area contributed by atoms with E-state index in [0.717, 1.165) is 0 Å². The molecule has 4 aromatic rings. The van der Waals surface area contributed by atoms with Crippen LogP contribution in [0.1, 0.15) is 27.1 Å². The van der Waals surface area contributed by atoms with E-state index in [-0.39, 0.29) is 11.8 Å². The molecule has 35 heavy (non-hydrogen) atoms. The maximum absolute atomic E-state index is 13.0. The van der Waals surface area contributed by atoms with E-state index in [4.69, 9.17) is 10.5 Å². The molecule has 3 heterocycles. The highest BCUT2D eigenvalue weighted by atomic mass is 16.5. The van der Waals surface area contributed by atoms with Gasteiger partial charge in [-0.2, -0.15) is 0 Å². The number of hydrogen-bond donors (Lipinski definition) is 2. The van der Waals surface area contributed by atoms with Crippen LogP contribution in [0, 0.1) is 0 Å². The maximum atomic E-state index is 13.0. The topological polar surface area (TPSA) is 133 Å². The number of methoxy groups -OCH3 is 1. The molecule has 182 valence electrons. The quantitative estimate of drug-likeness (QED) is 0.265. The first-order valence-electron chi connectivity index (χ1n) is 11.2. The third kappa shape index (κ3) is 5.64. The fraction of sp³-hybridized carbons (Fsp3) is 0.292. The van der Waals surface area contributed by atoms with E-state index in [9.17, 15) is 9.59 Å². The maximum Gasteiger partial charge on any atom is 0.258 e. The first kappa shape index (κ1) is 23.9. The fourth-order valence-corrected chi connectivity index (χ4v) is 3.66. The summed E-state index contributed by atoms with van der Waals surface area (Å²) in [6.45, 7) is 2.22. The van der Waals surface area contributed by atoms with E-state index in [1.807, 2.05) is 15.3 Å². The monoisotopic (exact) mass is 476 g/mol. The van der Waals surface area contributed by atoms with Crippen molar-refractivity contribution in [3.05, 3.63) is 66.4 Å². The second-order valence-corrected chi connectivity index (χ2v) is 8.11. The van der Waals surface area contributed by atoms with E-state index < -0.39 is 0 Å². The largest absolute Gasteiger partial charge is 0.399 e. The summed E-state index contributed by atoms with van der Waals surface area (Å²) in [4.78, 5) is 40.5. The number of ether oxygens (including phenoxy) is 1. The van der Waals surface area contributed by atoms with Gasteiger partial charge in [0, 0.05) is 70.2 Å². The average Bonchev–Trinajstić information content (AvgIpc) is 3.50. The zero-order chi connectivity index (χ0) is 24.8. The molecule has 4 rings (SSSR count). The number of fused-ring (bicyclic) bond motifs is 1. The minimum absolute atomic E-state index is 0.168. The smallest absolute Gasteiger partial charge is 0.258 e. The van der Waals surface area contributed by atoms with E-state index in [0.29, 0.717) is 66.6 Å². The molecule has 0 saturated heterocycles. The van der Waals surface area contributed by atoms with E-state index in [1.165, 1.54) is 6.20 Å². The van der Waals surface area contributed by atoms with Crippen molar-refractivity contribution < 1.29 is 14.3 Å². The molecule has 0 aliphatic heterocycles. The third-order valence-corrected chi connectivity index (χ3v) is 5.54. The Morgan fingerprint density at radius 2 is 2.06 bits per heavy atom. The molecule has 0 atom stereocenters. The normalized spacial score (nSPS) is 11.0. The Bertz CT molecular complexity index is 1320. The Morgan fingerprint density at radius 3 is 2.80 bits per heavy atom. The first-order valence-corrected chi connectivity index (χ1v) is 11.2. The SMILES string of the molecule is COCCCn1c(NC(=O)c2cccc(N)c2)nc2cc(C(=O)N(C)CCn3ccnc3)cnc21. The number of anilines is 2. The Balaban J connectivity index is 1.58. The van der Waals surface area contributed by atoms with Gasteiger partial charge in [0.15, 0.2) is 5.65 Å². The second-order valence-electron chi connectivity index (χ2n) is 8.11. The Hall–Kier alpha value is -4.25. The molecule has 0 aliphatic carbocycles. The molecule has 0 spiro atoms. The van der Waals surface area contributed by atoms with Gasteiger partial charge in [-0.15, -0.1) is 0 Å². The Labute approximate surface area is 202 Å². The van der Waals surface area contributed by atoms with E-state index in [2.05, 4.69) is 20.3 Å². The van der Waals surface area contributed by atoms with Gasteiger partial charge in [-0.25, -0.2) is 15.0 Å². The number of amides is 2. The second kappa shape index (κ2) is 10.8. The van der Waals surface area contributed by atoms with Gasteiger partial charge < -0.3 is 19.9 Å². The highest BCUT2D eigenvalue weighted by Gasteiger charge is 2.19. The first-order chi connectivity index (χ1) is 17.0. The number of nitrogens with two attached hydrogens (primary N) is 1. The minimum Gasteiger partial charge on any atom is -0.399 e. The summed E-state index contributed by atoms with van der Waals surface area (Å²) in [6, 6.07) is 8.40. The number of imidazole rings is 2. The number of rotatable bonds is 10. The standard InChI is InChI=1S/C24H28N8O3/c1-30(10-11-31-9-7-26-16-31)23(34)18-14-20-21(27-15-18)32(8-4-12-35-2)24(28-20)29-22(33)17-5-3-6-19(25)13-17/h3,5-7,9,13-16H,4,8,10-12,25H2,1-2H3,(H,28,29,33). The minimum atomic E-state index is -0.337. The molecule has 0 unspecified atom stereocenters. The summed E-state index contributed by atoms with van der Waals surface area (Å²) in [6.07, 6.45) is 7.49. The van der Waals surface area contributed by atoms with Crippen LogP contribution in [0.4, 0.5) is 11.6 Å². The Morgan fingerprint density at radius 1 is 1.20 bits per heavy atom. The molecule has 0 fully saturated rings. The number of benzene rings is 1. The number of pyridine rings is 1. The fourth-order valence-electron chi connectivity index (χ4n) is 3.66. The van der Waals surface area contributed by atoms with Gasteiger partial charge in [0.1, 0.15) is 5.52 Å². The highest BCUT2D eigenvalue weighted by molar-refractivity contribution is 6.04. The van der Waals surface area contributed by atoms with Crippen molar-refractivity contribution in [1.29, 1.82) is 0 Å². The van der Waals surface area contributed by atoms with Gasteiger partial charge in [-0.05, 0) is 30.7 Å². The molecule has 0 aliphatic rings. The van der Waals surface area contributed by atoms with Crippen LogP contribution >= 0.6 is 0 Å². The van der Waals surface area contributed by atoms with Crippen LogP contribution in [0.3, 0.4) is 0 Å². The lowest BCUT2D eigenvalue weighted by Gasteiger charge is -2.17. The lowest BCUT2D eigenvalue weighted by atomic mass is 10.2. The van der Waals surface area contributed by atoms with E-state index in [1.54, 1.807) is 61.9 Å². The number of carbonyl (C=O) groups excluding carboxylic acids is 2. The summed E-state index contributed by atoms with van der Waals surface area (Å²) >= 11 is 0. The average molecular weight is 477 g/mol. The van der Waals surface area contributed by atoms with Crippen LogP contribution in [0.15, 0.2) is 55.2 Å². The summed E-state index contributed by atoms with van der Waals surface area (Å²) in [5.41, 5.74) is 8.23. The molecule has 0 radical (unpaired) electrons. The molecule has 3 aromatic heterocycles. The van der Waals surface area contributed by atoms with Crippen molar-refractivity contribution in [2.24, 2.45) is 0 Å². The highest BCUT2D eigenvalue weighted by Crippen LogP contribution is 2.21. The summed E-state index contributed by atoms with van der Waals surface area (Å²) in [5.74, 6) is -0.163. The number of hydrogen-bond acceptors (Lipinski definition) is 7. The van der Waals surface area contributed by atoms with Crippen LogP contribution in [0.25, 0.3) is 11.2 Å². The van der Waals surface area contributed by atoms with Crippen molar-refractivity contribution in [3.63, 3.8) is 0 Å². The van der Waals surface area contributed by atoms with E-state index >= 15 is 0 Å². The van der Waals surface area contributed by atoms with Gasteiger partial charge in [0.05, 0.1) is 11.9 Å². The van der Waals surface area contributed by atoms with Crippen molar-refractivity contribution in [1.82, 2.24) is 29.0 Å². The number of aryl methyl sites for hydroxylation is 1. The zero-order valence-corrected chi connectivity index (χ0v) is 19.7. The summed E-state index contributed by atoms with van der Waals surface area (Å²) < 4.78 is 8.89. The number of nitrogen functional groups attached to an aromatic ring is 1. The molecule has 3 N–H and O–H groups in total. The number of nitrogens with one attached hydrogen (secondary N) is 1. The number of nitrogens with zero attached hydrogens (tertiary/aromatic N) is 6. The van der Waals surface area contributed by atoms with Crippen LogP contribution < -0.4 is 11.1 Å².